The molecule has 0 radical (unpaired) electrons. The van der Waals surface area contributed by atoms with Gasteiger partial charge in [-0.05, 0) is 61.4 Å². The summed E-state index contributed by atoms with van der Waals surface area (Å²) >= 11 is 6.04. The van der Waals surface area contributed by atoms with Crippen LogP contribution in [0.15, 0.2) is 48.5 Å². The minimum Gasteiger partial charge on any atom is -0.421 e. The third-order valence-corrected chi connectivity index (χ3v) is 6.62. The molecule has 2 amide bonds. The fraction of sp³-hybridized carbons (Fsp3) is 0.318. The van der Waals surface area contributed by atoms with Gasteiger partial charge >= 0.3 is 5.97 Å². The van der Waals surface area contributed by atoms with E-state index >= 15 is 0 Å². The number of esters is 1. The van der Waals surface area contributed by atoms with E-state index < -0.39 is 5.97 Å². The third kappa shape index (κ3) is 2.57. The molecule has 2 aromatic rings. The summed E-state index contributed by atoms with van der Waals surface area (Å²) in [5.74, 6) is -0.310. The lowest BCUT2D eigenvalue weighted by atomic mass is 9.81. The molecular weight excluding hydrogens is 378 g/mol. The molecule has 1 heterocycles. The number of hydrogen-bond donors (Lipinski definition) is 0. The maximum atomic E-state index is 13.0. The number of nitrogens with zero attached hydrogens (tertiary/aromatic N) is 1. The van der Waals surface area contributed by atoms with Crippen LogP contribution >= 0.6 is 11.6 Å². The molecule has 4 atom stereocenters. The summed E-state index contributed by atoms with van der Waals surface area (Å²) in [6.07, 6.45) is 3.05. The van der Waals surface area contributed by atoms with Gasteiger partial charge in [-0.15, -0.1) is 0 Å². The number of carbonyl (C=O) groups is 3. The number of halogens is 1. The number of carbonyl (C=O) groups excluding carboxylic acids is 3. The Labute approximate surface area is 167 Å². The summed E-state index contributed by atoms with van der Waals surface area (Å²) < 4.78 is 5.36. The van der Waals surface area contributed by atoms with E-state index in [1.165, 1.54) is 11.0 Å². The van der Waals surface area contributed by atoms with E-state index in [2.05, 4.69) is 0 Å². The molecule has 2 aromatic carbocycles. The molecule has 0 spiro atoms. The maximum Gasteiger partial charge on any atom is 0.343 e. The van der Waals surface area contributed by atoms with Crippen molar-refractivity contribution in [3.63, 3.8) is 0 Å². The first kappa shape index (κ1) is 17.4. The van der Waals surface area contributed by atoms with Gasteiger partial charge in [0.25, 0.3) is 0 Å². The van der Waals surface area contributed by atoms with Crippen LogP contribution in [-0.2, 0) is 9.59 Å². The first-order chi connectivity index (χ1) is 13.5. The molecule has 3 fully saturated rings. The van der Waals surface area contributed by atoms with Crippen LogP contribution in [0.25, 0.3) is 0 Å². The molecule has 5 nitrogen and oxygen atoms in total. The van der Waals surface area contributed by atoms with Gasteiger partial charge in [0.1, 0.15) is 5.75 Å². The monoisotopic (exact) mass is 395 g/mol. The highest BCUT2D eigenvalue weighted by Crippen LogP contribution is 2.56. The molecule has 0 unspecified atom stereocenters. The van der Waals surface area contributed by atoms with Crippen LogP contribution in [0, 0.1) is 23.7 Å². The summed E-state index contributed by atoms with van der Waals surface area (Å²) in [5.41, 5.74) is 0.690. The minimum absolute atomic E-state index is 0.126. The average molecular weight is 396 g/mol. The number of ether oxygens (including phenoxy) is 1. The van der Waals surface area contributed by atoms with E-state index in [1.807, 2.05) is 0 Å². The number of rotatable bonds is 3. The van der Waals surface area contributed by atoms with Gasteiger partial charge in [-0.2, -0.15) is 0 Å². The van der Waals surface area contributed by atoms with Crippen molar-refractivity contribution >= 4 is 35.1 Å². The van der Waals surface area contributed by atoms with E-state index in [0.717, 1.165) is 19.3 Å². The maximum absolute atomic E-state index is 13.0. The number of anilines is 1. The van der Waals surface area contributed by atoms with Crippen molar-refractivity contribution in [2.45, 2.75) is 19.3 Å². The summed E-state index contributed by atoms with van der Waals surface area (Å²) in [4.78, 5) is 39.8. The minimum atomic E-state index is -0.589. The number of amides is 2. The first-order valence-electron chi connectivity index (χ1n) is 9.49. The largest absolute Gasteiger partial charge is 0.421 e. The number of benzene rings is 2. The third-order valence-electron chi connectivity index (χ3n) is 6.31. The fourth-order valence-corrected chi connectivity index (χ4v) is 5.30. The summed E-state index contributed by atoms with van der Waals surface area (Å²) in [5, 5.41) is 0.334. The van der Waals surface area contributed by atoms with Crippen LogP contribution in [0.4, 0.5) is 5.69 Å². The predicted octanol–water partition coefficient (Wildman–Crippen LogP) is 4.09. The van der Waals surface area contributed by atoms with Crippen molar-refractivity contribution < 1.29 is 19.1 Å². The molecule has 28 heavy (non-hydrogen) atoms. The Hall–Kier alpha value is -2.66. The summed E-state index contributed by atoms with van der Waals surface area (Å²) in [6.45, 7) is 0. The topological polar surface area (TPSA) is 63.7 Å². The SMILES string of the molecule is O=C(Oc1ccccc1Cl)c1cccc(N2C(=O)[C@@H]3[C@H]4CC[C@@H](C4)[C@H]3C2=O)c1. The van der Waals surface area contributed by atoms with Crippen LogP contribution in [0.2, 0.25) is 5.02 Å². The molecule has 5 rings (SSSR count). The fourth-order valence-electron chi connectivity index (χ4n) is 5.12. The highest BCUT2D eigenvalue weighted by Gasteiger charge is 2.61. The van der Waals surface area contributed by atoms with E-state index in [1.54, 1.807) is 42.5 Å². The standard InChI is InChI=1S/C22H18ClNO4/c23-16-6-1-2-7-17(16)28-22(27)14-4-3-5-15(11-14)24-20(25)18-12-8-9-13(10-12)19(18)21(24)26/h1-7,11-13,18-19H,8-10H2/t12-,13-,18+,19+/m0/s1. The molecule has 0 aromatic heterocycles. The van der Waals surface area contributed by atoms with Gasteiger partial charge < -0.3 is 4.74 Å². The molecular formula is C22H18ClNO4. The Morgan fingerprint density at radius 1 is 0.964 bits per heavy atom. The Bertz CT molecular complexity index is 976. The normalized spacial score (nSPS) is 28.0. The van der Waals surface area contributed by atoms with Gasteiger partial charge in [-0.1, -0.05) is 29.8 Å². The molecule has 6 heteroatoms. The van der Waals surface area contributed by atoms with E-state index in [9.17, 15) is 14.4 Å². The zero-order chi connectivity index (χ0) is 19.4. The van der Waals surface area contributed by atoms with Crippen LogP contribution in [0.3, 0.4) is 0 Å². The zero-order valence-electron chi connectivity index (χ0n) is 15.0. The lowest BCUT2D eigenvalue weighted by Gasteiger charge is -2.19. The smallest absolute Gasteiger partial charge is 0.343 e. The second-order valence-electron chi connectivity index (χ2n) is 7.77. The highest BCUT2D eigenvalue weighted by atomic mass is 35.5. The second-order valence-corrected chi connectivity index (χ2v) is 8.17. The lowest BCUT2D eigenvalue weighted by Crippen LogP contribution is -2.32. The van der Waals surface area contributed by atoms with Crippen molar-refractivity contribution in [1.82, 2.24) is 0 Å². The average Bonchev–Trinajstić information content (AvgIpc) is 3.37. The van der Waals surface area contributed by atoms with Crippen LogP contribution < -0.4 is 9.64 Å². The molecule has 2 aliphatic carbocycles. The van der Waals surface area contributed by atoms with Gasteiger partial charge in [0.15, 0.2) is 0 Å². The molecule has 0 N–H and O–H groups in total. The molecule has 1 aliphatic heterocycles. The molecule has 2 saturated carbocycles. The van der Waals surface area contributed by atoms with Gasteiger partial charge in [0.2, 0.25) is 11.8 Å². The van der Waals surface area contributed by atoms with Crippen molar-refractivity contribution in [3.05, 3.63) is 59.1 Å². The number of para-hydroxylation sites is 1. The lowest BCUT2D eigenvalue weighted by molar-refractivity contribution is -0.123. The molecule has 3 aliphatic rings. The molecule has 2 bridgehead atoms. The number of fused-ring (bicyclic) bond motifs is 5. The Kier molecular flexibility index (Phi) is 4.02. The molecule has 142 valence electrons. The van der Waals surface area contributed by atoms with Crippen molar-refractivity contribution in [1.29, 1.82) is 0 Å². The van der Waals surface area contributed by atoms with Crippen molar-refractivity contribution in [3.8, 4) is 5.75 Å². The second kappa shape index (κ2) is 6.45. The van der Waals surface area contributed by atoms with Crippen molar-refractivity contribution in [2.75, 3.05) is 4.90 Å². The quantitative estimate of drug-likeness (QED) is 0.446. The van der Waals surface area contributed by atoms with Gasteiger partial charge in [0.05, 0.1) is 28.1 Å². The van der Waals surface area contributed by atoms with E-state index in [4.69, 9.17) is 16.3 Å². The number of hydrogen-bond acceptors (Lipinski definition) is 4. The first-order valence-corrected chi connectivity index (χ1v) is 9.87. The van der Waals surface area contributed by atoms with E-state index in [0.29, 0.717) is 22.5 Å². The van der Waals surface area contributed by atoms with Gasteiger partial charge in [-0.3, -0.25) is 14.5 Å². The zero-order valence-corrected chi connectivity index (χ0v) is 15.8. The Balaban J connectivity index is 1.42. The van der Waals surface area contributed by atoms with Crippen molar-refractivity contribution in [2.24, 2.45) is 23.7 Å². The van der Waals surface area contributed by atoms with Gasteiger partial charge in [-0.25, -0.2) is 4.79 Å². The number of imide groups is 1. The Morgan fingerprint density at radius 2 is 1.64 bits per heavy atom. The van der Waals surface area contributed by atoms with Crippen LogP contribution in [0.5, 0.6) is 5.75 Å². The van der Waals surface area contributed by atoms with E-state index in [-0.39, 0.29) is 35.0 Å². The Morgan fingerprint density at radius 3 is 2.32 bits per heavy atom. The van der Waals surface area contributed by atoms with Crippen LogP contribution in [-0.4, -0.2) is 17.8 Å². The van der Waals surface area contributed by atoms with Gasteiger partial charge in [0, 0.05) is 0 Å². The van der Waals surface area contributed by atoms with Crippen LogP contribution in [0.1, 0.15) is 29.6 Å². The summed E-state index contributed by atoms with van der Waals surface area (Å²) in [6, 6.07) is 13.2. The predicted molar refractivity (Wildman–Crippen MR) is 103 cm³/mol. The molecule has 1 saturated heterocycles. The highest BCUT2D eigenvalue weighted by molar-refractivity contribution is 6.32. The summed E-state index contributed by atoms with van der Waals surface area (Å²) in [7, 11) is 0.